The molecule has 2 fully saturated rings. The summed E-state index contributed by atoms with van der Waals surface area (Å²) in [6.45, 7) is 5.46. The van der Waals surface area contributed by atoms with Gasteiger partial charge >= 0.3 is 0 Å². The van der Waals surface area contributed by atoms with Crippen LogP contribution in [0.15, 0.2) is 127 Å². The molecule has 2 bridgehead atoms. The minimum absolute atomic E-state index is 0.186. The second-order valence-electron chi connectivity index (χ2n) is 13.6. The second kappa shape index (κ2) is 11.3. The van der Waals surface area contributed by atoms with E-state index in [1.165, 1.54) is 18.9 Å². The number of aryl methyl sites for hydroxylation is 2. The summed E-state index contributed by atoms with van der Waals surface area (Å²) >= 11 is 0. The number of amides is 2. The third-order valence-corrected chi connectivity index (χ3v) is 11.0. The van der Waals surface area contributed by atoms with Crippen molar-refractivity contribution in [2.24, 2.45) is 11.8 Å². The van der Waals surface area contributed by atoms with Crippen LogP contribution in [-0.4, -0.2) is 30.5 Å². The summed E-state index contributed by atoms with van der Waals surface area (Å²) in [4.78, 5) is 60.5. The minimum atomic E-state index is -1.52. The van der Waals surface area contributed by atoms with Crippen molar-refractivity contribution in [3.05, 3.63) is 166 Å². The number of nitrogens with zero attached hydrogens (tertiary/aromatic N) is 1. The quantitative estimate of drug-likeness (QED) is 0.132. The SMILES string of the molecule is COc1ccc(C(C)=O)cc1N1C(=O)[C@H]2[C@H](C1=O)[C@]1(c3ccccc3)C(=O)[C@@]2(c2ccccc2)C(c2ccc(C)cc2)=C1c1ccc(C)cc1. The topological polar surface area (TPSA) is 80.8 Å². The van der Waals surface area contributed by atoms with Crippen LogP contribution in [0.4, 0.5) is 5.69 Å². The zero-order valence-corrected chi connectivity index (χ0v) is 28.3. The standard InChI is InChI=1S/C44H35NO5/c1-26-15-19-29(20-16-26)36-37(30-21-17-27(2)18-22-30)44(33-13-9-6-10-14-33)39-38(43(36,42(44)49)32-11-7-5-8-12-32)40(47)45(41(39)48)34-25-31(28(3)46)23-24-35(34)50-4/h5-25,38-39H,1-4H3/t38-,39-,43-,44+/m1/s1. The van der Waals surface area contributed by atoms with Crippen LogP contribution in [0.1, 0.15) is 50.7 Å². The van der Waals surface area contributed by atoms with E-state index in [1.54, 1.807) is 18.2 Å². The lowest BCUT2D eigenvalue weighted by Gasteiger charge is -2.39. The Bertz CT molecular complexity index is 2130. The molecule has 6 nitrogen and oxygen atoms in total. The molecule has 8 rings (SSSR count). The highest BCUT2D eigenvalue weighted by Crippen LogP contribution is 2.74. The Balaban J connectivity index is 1.54. The number of allylic oxidation sites excluding steroid dienone is 2. The van der Waals surface area contributed by atoms with Crippen LogP contribution < -0.4 is 9.64 Å². The van der Waals surface area contributed by atoms with E-state index in [9.17, 15) is 4.79 Å². The van der Waals surface area contributed by atoms with Crippen LogP contribution in [-0.2, 0) is 25.2 Å². The normalized spacial score (nSPS) is 23.8. The fourth-order valence-corrected chi connectivity index (χ4v) is 8.89. The van der Waals surface area contributed by atoms with Gasteiger partial charge < -0.3 is 4.74 Å². The van der Waals surface area contributed by atoms with Crippen LogP contribution in [0.2, 0.25) is 0 Å². The number of carbonyl (C=O) groups is 4. The average molecular weight is 658 g/mol. The molecule has 2 aliphatic carbocycles. The van der Waals surface area contributed by atoms with Crippen LogP contribution >= 0.6 is 0 Å². The molecule has 5 aromatic rings. The van der Waals surface area contributed by atoms with Crippen molar-refractivity contribution in [1.82, 2.24) is 0 Å². The minimum Gasteiger partial charge on any atom is -0.495 e. The van der Waals surface area contributed by atoms with E-state index in [2.05, 4.69) is 0 Å². The Morgan fingerprint density at radius 1 is 0.620 bits per heavy atom. The smallest absolute Gasteiger partial charge is 0.239 e. The van der Waals surface area contributed by atoms with Crippen LogP contribution in [0.5, 0.6) is 5.75 Å². The molecular formula is C44H35NO5. The van der Waals surface area contributed by atoms with Gasteiger partial charge in [0.05, 0.1) is 35.5 Å². The second-order valence-corrected chi connectivity index (χ2v) is 13.6. The zero-order chi connectivity index (χ0) is 34.9. The van der Waals surface area contributed by atoms with Gasteiger partial charge in [0.15, 0.2) is 11.6 Å². The summed E-state index contributed by atoms with van der Waals surface area (Å²) in [6.07, 6.45) is 0. The number of carbonyl (C=O) groups excluding carboxylic acids is 4. The molecule has 0 radical (unpaired) electrons. The first-order valence-electron chi connectivity index (χ1n) is 16.8. The number of hydrogen-bond acceptors (Lipinski definition) is 5. The van der Waals surface area contributed by atoms with Gasteiger partial charge in [-0.05, 0) is 72.4 Å². The summed E-state index contributed by atoms with van der Waals surface area (Å²) in [5.74, 6) is -3.28. The van der Waals surface area contributed by atoms with E-state index >= 15 is 14.4 Å². The molecule has 1 heterocycles. The number of rotatable bonds is 7. The first kappa shape index (κ1) is 31.4. The molecule has 4 atom stereocenters. The molecule has 1 saturated carbocycles. The van der Waals surface area contributed by atoms with Crippen molar-refractivity contribution in [2.45, 2.75) is 31.6 Å². The first-order valence-corrected chi connectivity index (χ1v) is 16.8. The third-order valence-electron chi connectivity index (χ3n) is 11.0. The molecule has 1 saturated heterocycles. The van der Waals surface area contributed by atoms with Crippen LogP contribution in [0.25, 0.3) is 11.1 Å². The van der Waals surface area contributed by atoms with E-state index in [4.69, 9.17) is 4.74 Å². The number of fused-ring (bicyclic) bond motifs is 5. The van der Waals surface area contributed by atoms with Crippen LogP contribution in [0.3, 0.4) is 0 Å². The van der Waals surface area contributed by atoms with Gasteiger partial charge in [0.25, 0.3) is 0 Å². The molecule has 5 aromatic carbocycles. The first-order chi connectivity index (χ1) is 24.2. The third kappa shape index (κ3) is 4.02. The maximum atomic E-state index is 16.1. The maximum Gasteiger partial charge on any atom is 0.239 e. The van der Waals surface area contributed by atoms with Crippen molar-refractivity contribution in [1.29, 1.82) is 0 Å². The lowest BCUT2D eigenvalue weighted by Crippen LogP contribution is -2.45. The van der Waals surface area contributed by atoms with E-state index in [0.29, 0.717) is 16.7 Å². The summed E-state index contributed by atoms with van der Waals surface area (Å²) in [6, 6.07) is 39.8. The molecule has 0 spiro atoms. The Morgan fingerprint density at radius 3 is 1.46 bits per heavy atom. The van der Waals surface area contributed by atoms with Crippen molar-refractivity contribution in [3.8, 4) is 5.75 Å². The van der Waals surface area contributed by atoms with Gasteiger partial charge in [-0.1, -0.05) is 120 Å². The Labute approximate surface area is 291 Å². The van der Waals surface area contributed by atoms with Gasteiger partial charge in [-0.3, -0.25) is 19.2 Å². The predicted octanol–water partition coefficient (Wildman–Crippen LogP) is 7.70. The molecule has 6 heteroatoms. The molecule has 0 N–H and O–H groups in total. The molecule has 1 aliphatic heterocycles. The number of benzene rings is 5. The maximum absolute atomic E-state index is 16.1. The highest BCUT2D eigenvalue weighted by Gasteiger charge is 2.82. The largest absolute Gasteiger partial charge is 0.495 e. The summed E-state index contributed by atoms with van der Waals surface area (Å²) in [5.41, 5.74) is 4.00. The number of hydrogen-bond donors (Lipinski definition) is 0. The van der Waals surface area contributed by atoms with Crippen molar-refractivity contribution < 1.29 is 23.9 Å². The Morgan fingerprint density at radius 2 is 1.06 bits per heavy atom. The number of Topliss-reactive ketones (excluding diaryl/α,β-unsaturated/α-hetero) is 2. The number of methoxy groups -OCH3 is 1. The molecular weight excluding hydrogens is 622 g/mol. The van der Waals surface area contributed by atoms with Gasteiger partial charge in [0.1, 0.15) is 5.75 Å². The monoisotopic (exact) mass is 657 g/mol. The summed E-state index contributed by atoms with van der Waals surface area (Å²) in [5, 5.41) is 0. The van der Waals surface area contributed by atoms with Crippen molar-refractivity contribution in [3.63, 3.8) is 0 Å². The summed E-state index contributed by atoms with van der Waals surface area (Å²) < 4.78 is 5.69. The van der Waals surface area contributed by atoms with Gasteiger partial charge in [0.2, 0.25) is 11.8 Å². The molecule has 2 amide bonds. The molecule has 3 aliphatic rings. The molecule has 246 valence electrons. The van der Waals surface area contributed by atoms with Crippen LogP contribution in [0, 0.1) is 25.7 Å². The van der Waals surface area contributed by atoms with Gasteiger partial charge in [-0.25, -0.2) is 4.90 Å². The van der Waals surface area contributed by atoms with E-state index in [0.717, 1.165) is 33.4 Å². The van der Waals surface area contributed by atoms with Crippen molar-refractivity contribution in [2.75, 3.05) is 12.0 Å². The average Bonchev–Trinajstić information content (AvgIpc) is 3.64. The predicted molar refractivity (Wildman–Crippen MR) is 193 cm³/mol. The number of ketones is 2. The Hall–Kier alpha value is -5.88. The lowest BCUT2D eigenvalue weighted by atomic mass is 9.59. The Kier molecular flexibility index (Phi) is 7.12. The van der Waals surface area contributed by atoms with E-state index in [-0.39, 0.29) is 23.0 Å². The number of ether oxygens (including phenoxy) is 1. The van der Waals surface area contributed by atoms with Gasteiger partial charge in [-0.15, -0.1) is 0 Å². The summed E-state index contributed by atoms with van der Waals surface area (Å²) in [7, 11) is 1.47. The van der Waals surface area contributed by atoms with Gasteiger partial charge in [-0.2, -0.15) is 0 Å². The fourth-order valence-electron chi connectivity index (χ4n) is 8.89. The highest BCUT2D eigenvalue weighted by molar-refractivity contribution is 6.39. The molecule has 50 heavy (non-hydrogen) atoms. The fraction of sp³-hybridized carbons (Fsp3) is 0.182. The van der Waals surface area contributed by atoms with E-state index < -0.39 is 34.5 Å². The van der Waals surface area contributed by atoms with Crippen molar-refractivity contribution >= 4 is 40.2 Å². The number of imide groups is 1. The van der Waals surface area contributed by atoms with Gasteiger partial charge in [0, 0.05) is 5.56 Å². The lowest BCUT2D eigenvalue weighted by molar-refractivity contribution is -0.130. The molecule has 0 unspecified atom stereocenters. The van der Waals surface area contributed by atoms with E-state index in [1.807, 2.05) is 123 Å². The molecule has 0 aromatic heterocycles. The zero-order valence-electron chi connectivity index (χ0n) is 28.3. The number of anilines is 1. The highest BCUT2D eigenvalue weighted by atomic mass is 16.5.